The number of oxime groups is 1. The number of hydrogen-bond acceptors (Lipinski definition) is 5. The van der Waals surface area contributed by atoms with Crippen molar-refractivity contribution in [1.29, 1.82) is 0 Å². The number of aryl methyl sites for hydroxylation is 4. The van der Waals surface area contributed by atoms with E-state index in [-0.39, 0.29) is 6.10 Å². The molecule has 0 aliphatic heterocycles. The normalized spacial score (nSPS) is 11.4. The van der Waals surface area contributed by atoms with Gasteiger partial charge in [0.15, 0.2) is 0 Å². The summed E-state index contributed by atoms with van der Waals surface area (Å²) in [4.78, 5) is 5.20. The SMILES string of the molecule is Cc1cc(CCCOc2c(C)cc(C=NOC(C)C)cc2C)on1. The lowest BCUT2D eigenvalue weighted by molar-refractivity contribution is 0.0873. The van der Waals surface area contributed by atoms with Crippen LogP contribution < -0.4 is 4.74 Å². The minimum absolute atomic E-state index is 0.0826. The van der Waals surface area contributed by atoms with E-state index in [0.29, 0.717) is 6.61 Å². The van der Waals surface area contributed by atoms with Gasteiger partial charge in [-0.25, -0.2) is 0 Å². The van der Waals surface area contributed by atoms with E-state index in [1.54, 1.807) is 6.21 Å². The average Bonchev–Trinajstić information content (AvgIpc) is 2.91. The van der Waals surface area contributed by atoms with Crippen LogP contribution in [-0.4, -0.2) is 24.1 Å². The van der Waals surface area contributed by atoms with E-state index in [0.717, 1.165) is 46.7 Å². The predicted molar refractivity (Wildman–Crippen MR) is 94.8 cm³/mol. The van der Waals surface area contributed by atoms with E-state index < -0.39 is 0 Å². The first-order chi connectivity index (χ1) is 11.5. The van der Waals surface area contributed by atoms with Crippen molar-refractivity contribution in [1.82, 2.24) is 5.16 Å². The fraction of sp³-hybridized carbons (Fsp3) is 0.474. The van der Waals surface area contributed by atoms with Crippen molar-refractivity contribution in [2.24, 2.45) is 5.16 Å². The first-order valence-corrected chi connectivity index (χ1v) is 8.31. The lowest BCUT2D eigenvalue weighted by Gasteiger charge is -2.13. The molecule has 0 fully saturated rings. The molecule has 0 saturated carbocycles. The summed E-state index contributed by atoms with van der Waals surface area (Å²) in [5.74, 6) is 1.84. The van der Waals surface area contributed by atoms with Crippen molar-refractivity contribution in [2.45, 2.75) is 53.6 Å². The van der Waals surface area contributed by atoms with E-state index in [2.05, 4.69) is 22.4 Å². The van der Waals surface area contributed by atoms with E-state index in [9.17, 15) is 0 Å². The van der Waals surface area contributed by atoms with Crippen LogP contribution in [0, 0.1) is 20.8 Å². The Kier molecular flexibility index (Phi) is 6.41. The highest BCUT2D eigenvalue weighted by molar-refractivity contribution is 5.80. The van der Waals surface area contributed by atoms with E-state index in [1.807, 2.05) is 40.7 Å². The van der Waals surface area contributed by atoms with Gasteiger partial charge in [-0.05, 0) is 69.9 Å². The third-order valence-electron chi connectivity index (χ3n) is 3.45. The van der Waals surface area contributed by atoms with Crippen LogP contribution in [0.2, 0.25) is 0 Å². The van der Waals surface area contributed by atoms with Gasteiger partial charge in [-0.15, -0.1) is 0 Å². The molecule has 0 N–H and O–H groups in total. The second-order valence-corrected chi connectivity index (χ2v) is 6.26. The van der Waals surface area contributed by atoms with Crippen molar-refractivity contribution >= 4 is 6.21 Å². The monoisotopic (exact) mass is 330 g/mol. The largest absolute Gasteiger partial charge is 0.493 e. The Morgan fingerprint density at radius 3 is 2.46 bits per heavy atom. The zero-order valence-electron chi connectivity index (χ0n) is 15.1. The molecule has 5 heteroatoms. The maximum Gasteiger partial charge on any atom is 0.137 e. The minimum Gasteiger partial charge on any atom is -0.493 e. The third kappa shape index (κ3) is 5.41. The van der Waals surface area contributed by atoms with E-state index in [4.69, 9.17) is 14.1 Å². The van der Waals surface area contributed by atoms with Crippen molar-refractivity contribution in [3.63, 3.8) is 0 Å². The summed E-state index contributed by atoms with van der Waals surface area (Å²) in [6.07, 6.45) is 3.53. The van der Waals surface area contributed by atoms with Crippen LogP contribution in [0.4, 0.5) is 0 Å². The Bertz CT molecular complexity index is 667. The first kappa shape index (κ1) is 18.0. The molecule has 0 radical (unpaired) electrons. The van der Waals surface area contributed by atoms with Crippen molar-refractivity contribution in [3.05, 3.63) is 46.3 Å². The minimum atomic E-state index is 0.0826. The Balaban J connectivity index is 1.89. The molecule has 0 amide bonds. The van der Waals surface area contributed by atoms with Gasteiger partial charge in [0.2, 0.25) is 0 Å². The number of hydrogen-bond donors (Lipinski definition) is 0. The van der Waals surface area contributed by atoms with Crippen LogP contribution in [-0.2, 0) is 11.3 Å². The fourth-order valence-electron chi connectivity index (χ4n) is 2.45. The molecule has 5 nitrogen and oxygen atoms in total. The van der Waals surface area contributed by atoms with Gasteiger partial charge >= 0.3 is 0 Å². The quantitative estimate of drug-likeness (QED) is 0.410. The van der Waals surface area contributed by atoms with Gasteiger partial charge in [0, 0.05) is 12.5 Å². The highest BCUT2D eigenvalue weighted by Gasteiger charge is 2.07. The lowest BCUT2D eigenvalue weighted by Crippen LogP contribution is -2.03. The summed E-state index contributed by atoms with van der Waals surface area (Å²) in [6, 6.07) is 6.06. The summed E-state index contributed by atoms with van der Waals surface area (Å²) < 4.78 is 11.2. The van der Waals surface area contributed by atoms with Crippen molar-refractivity contribution < 1.29 is 14.1 Å². The summed E-state index contributed by atoms with van der Waals surface area (Å²) >= 11 is 0. The summed E-state index contributed by atoms with van der Waals surface area (Å²) in [6.45, 7) is 10.6. The van der Waals surface area contributed by atoms with Gasteiger partial charge in [0.1, 0.15) is 17.6 Å². The molecule has 0 saturated heterocycles. The molecule has 0 spiro atoms. The van der Waals surface area contributed by atoms with Gasteiger partial charge in [-0.3, -0.25) is 0 Å². The molecule has 1 aromatic heterocycles. The number of benzene rings is 1. The molecule has 0 atom stereocenters. The number of nitrogens with zero attached hydrogens (tertiary/aromatic N) is 2. The molecule has 24 heavy (non-hydrogen) atoms. The zero-order valence-corrected chi connectivity index (χ0v) is 15.1. The molecular weight excluding hydrogens is 304 g/mol. The Morgan fingerprint density at radius 2 is 1.88 bits per heavy atom. The standard InChI is InChI=1S/C19H26N2O3/c1-13(2)23-20-12-17-9-14(3)19(15(4)10-17)22-8-6-7-18-11-16(5)21-24-18/h9-13H,6-8H2,1-5H3. The lowest BCUT2D eigenvalue weighted by atomic mass is 10.1. The molecule has 2 aromatic rings. The molecule has 0 aliphatic rings. The van der Waals surface area contributed by atoms with E-state index >= 15 is 0 Å². The van der Waals surface area contributed by atoms with Gasteiger partial charge in [-0.1, -0.05) is 10.3 Å². The smallest absolute Gasteiger partial charge is 0.137 e. The number of rotatable bonds is 8. The Morgan fingerprint density at radius 1 is 1.17 bits per heavy atom. The topological polar surface area (TPSA) is 56.9 Å². The summed E-state index contributed by atoms with van der Waals surface area (Å²) in [5.41, 5.74) is 4.11. The fourth-order valence-corrected chi connectivity index (χ4v) is 2.45. The second-order valence-electron chi connectivity index (χ2n) is 6.26. The molecule has 1 aromatic carbocycles. The highest BCUT2D eigenvalue weighted by Crippen LogP contribution is 2.24. The van der Waals surface area contributed by atoms with Gasteiger partial charge < -0.3 is 14.1 Å². The van der Waals surface area contributed by atoms with Crippen LogP contribution in [0.3, 0.4) is 0 Å². The van der Waals surface area contributed by atoms with Gasteiger partial charge in [-0.2, -0.15) is 0 Å². The summed E-state index contributed by atoms with van der Waals surface area (Å²) in [7, 11) is 0. The highest BCUT2D eigenvalue weighted by atomic mass is 16.6. The van der Waals surface area contributed by atoms with Gasteiger partial charge in [0.25, 0.3) is 0 Å². The molecule has 0 aliphatic carbocycles. The second kappa shape index (κ2) is 8.52. The number of aromatic nitrogens is 1. The maximum atomic E-state index is 5.96. The molecule has 130 valence electrons. The van der Waals surface area contributed by atoms with Crippen LogP contribution in [0.15, 0.2) is 27.9 Å². The van der Waals surface area contributed by atoms with Crippen molar-refractivity contribution in [2.75, 3.05) is 6.61 Å². The molecule has 0 unspecified atom stereocenters. The Labute approximate surface area is 143 Å². The Hall–Kier alpha value is -2.30. The van der Waals surface area contributed by atoms with Crippen molar-refractivity contribution in [3.8, 4) is 5.75 Å². The van der Waals surface area contributed by atoms with Gasteiger partial charge in [0.05, 0.1) is 18.5 Å². The van der Waals surface area contributed by atoms with Crippen LogP contribution >= 0.6 is 0 Å². The average molecular weight is 330 g/mol. The molecule has 2 rings (SSSR count). The predicted octanol–water partition coefficient (Wildman–Crippen LogP) is 4.37. The number of ether oxygens (including phenoxy) is 1. The third-order valence-corrected chi connectivity index (χ3v) is 3.45. The first-order valence-electron chi connectivity index (χ1n) is 8.31. The maximum absolute atomic E-state index is 5.96. The molecule has 0 bridgehead atoms. The van der Waals surface area contributed by atoms with Crippen LogP contribution in [0.1, 0.15) is 48.4 Å². The molecular formula is C19H26N2O3. The zero-order chi connectivity index (χ0) is 17.5. The van der Waals surface area contributed by atoms with E-state index in [1.165, 1.54) is 0 Å². The molecule has 1 heterocycles. The summed E-state index contributed by atoms with van der Waals surface area (Å²) in [5, 5.41) is 7.87. The van der Waals surface area contributed by atoms with Crippen LogP contribution in [0.5, 0.6) is 5.75 Å². The van der Waals surface area contributed by atoms with Crippen LogP contribution in [0.25, 0.3) is 0 Å².